The fourth-order valence-corrected chi connectivity index (χ4v) is 1.80. The number of amides is 1. The number of aromatic hydroxyl groups is 2. The lowest BCUT2D eigenvalue weighted by atomic mass is 10.1. The zero-order chi connectivity index (χ0) is 14.9. The highest BCUT2D eigenvalue weighted by atomic mass is 35.5. The van der Waals surface area contributed by atoms with Gasteiger partial charge in [0.2, 0.25) is 0 Å². The van der Waals surface area contributed by atoms with E-state index in [4.69, 9.17) is 11.6 Å². The van der Waals surface area contributed by atoms with E-state index in [1.807, 2.05) is 0 Å². The summed E-state index contributed by atoms with van der Waals surface area (Å²) in [6.45, 7) is 0. The molecule has 2 aromatic carbocycles. The third-order valence-electron chi connectivity index (χ3n) is 2.50. The maximum absolute atomic E-state index is 13.5. The molecule has 0 aliphatic heterocycles. The zero-order valence-corrected chi connectivity index (χ0v) is 10.6. The smallest absolute Gasteiger partial charge is 0.259 e. The molecule has 20 heavy (non-hydrogen) atoms. The van der Waals surface area contributed by atoms with Crippen LogP contribution in [0.5, 0.6) is 11.5 Å². The van der Waals surface area contributed by atoms with Crippen molar-refractivity contribution in [3.8, 4) is 11.5 Å². The molecule has 2 rings (SSSR count). The number of anilines is 1. The molecule has 0 heterocycles. The lowest BCUT2D eigenvalue weighted by Gasteiger charge is -2.10. The zero-order valence-electron chi connectivity index (χ0n) is 9.82. The van der Waals surface area contributed by atoms with E-state index in [0.717, 1.165) is 6.07 Å². The van der Waals surface area contributed by atoms with E-state index in [-0.39, 0.29) is 10.6 Å². The SMILES string of the molecule is O=C(Nc1c(F)cc(F)cc1Cl)c1cccc(O)c1O. The van der Waals surface area contributed by atoms with Crippen molar-refractivity contribution in [3.63, 3.8) is 0 Å². The average molecular weight is 300 g/mol. The van der Waals surface area contributed by atoms with Crippen LogP contribution in [0, 0.1) is 11.6 Å². The normalized spacial score (nSPS) is 10.3. The standard InChI is InChI=1S/C13H8ClF2NO3/c14-8-4-6(15)5-9(16)11(8)17-13(20)7-2-1-3-10(18)12(7)19/h1-5,18-19H,(H,17,20). The highest BCUT2D eigenvalue weighted by molar-refractivity contribution is 6.34. The van der Waals surface area contributed by atoms with Crippen LogP contribution in [0.2, 0.25) is 5.02 Å². The number of rotatable bonds is 2. The molecule has 3 N–H and O–H groups in total. The van der Waals surface area contributed by atoms with Crippen molar-refractivity contribution < 1.29 is 23.8 Å². The molecule has 0 aromatic heterocycles. The highest BCUT2D eigenvalue weighted by Gasteiger charge is 2.18. The van der Waals surface area contributed by atoms with Crippen LogP contribution in [0.15, 0.2) is 30.3 Å². The Labute approximate surface area is 117 Å². The summed E-state index contributed by atoms with van der Waals surface area (Å²) < 4.78 is 26.4. The van der Waals surface area contributed by atoms with Crippen LogP contribution in [0.3, 0.4) is 0 Å². The predicted molar refractivity (Wildman–Crippen MR) is 69.1 cm³/mol. The van der Waals surface area contributed by atoms with E-state index in [1.165, 1.54) is 18.2 Å². The molecular weight excluding hydrogens is 292 g/mol. The quantitative estimate of drug-likeness (QED) is 0.745. The second-order valence-electron chi connectivity index (χ2n) is 3.87. The number of carbonyl (C=O) groups is 1. The van der Waals surface area contributed by atoms with Crippen LogP contribution in [0.25, 0.3) is 0 Å². The molecule has 0 saturated heterocycles. The first-order valence-corrected chi connectivity index (χ1v) is 5.74. The number of halogens is 3. The first-order valence-electron chi connectivity index (χ1n) is 5.37. The fourth-order valence-electron chi connectivity index (χ4n) is 1.56. The van der Waals surface area contributed by atoms with Gasteiger partial charge in [0, 0.05) is 6.07 Å². The lowest BCUT2D eigenvalue weighted by molar-refractivity contribution is 0.102. The van der Waals surface area contributed by atoms with E-state index < -0.39 is 34.7 Å². The van der Waals surface area contributed by atoms with Gasteiger partial charge in [-0.15, -0.1) is 0 Å². The predicted octanol–water partition coefficient (Wildman–Crippen LogP) is 3.28. The van der Waals surface area contributed by atoms with E-state index in [0.29, 0.717) is 6.07 Å². The van der Waals surface area contributed by atoms with Crippen molar-refractivity contribution >= 4 is 23.2 Å². The second-order valence-corrected chi connectivity index (χ2v) is 4.28. The van der Waals surface area contributed by atoms with Crippen molar-refractivity contribution in [1.29, 1.82) is 0 Å². The number of para-hydroxylation sites is 1. The molecule has 0 bridgehead atoms. The number of carbonyl (C=O) groups excluding carboxylic acids is 1. The van der Waals surface area contributed by atoms with Gasteiger partial charge in [-0.25, -0.2) is 8.78 Å². The van der Waals surface area contributed by atoms with E-state index in [1.54, 1.807) is 0 Å². The Balaban J connectivity index is 2.36. The number of hydrogen-bond acceptors (Lipinski definition) is 3. The Morgan fingerprint density at radius 2 is 1.90 bits per heavy atom. The van der Waals surface area contributed by atoms with Crippen LogP contribution in [-0.4, -0.2) is 16.1 Å². The fraction of sp³-hybridized carbons (Fsp3) is 0. The highest BCUT2D eigenvalue weighted by Crippen LogP contribution is 2.31. The van der Waals surface area contributed by atoms with Gasteiger partial charge in [-0.1, -0.05) is 17.7 Å². The number of phenols is 2. The average Bonchev–Trinajstić information content (AvgIpc) is 2.36. The Morgan fingerprint density at radius 3 is 2.55 bits per heavy atom. The Hall–Kier alpha value is -2.34. The largest absolute Gasteiger partial charge is 0.504 e. The molecule has 1 amide bonds. The maximum atomic E-state index is 13.5. The van der Waals surface area contributed by atoms with Crippen molar-refractivity contribution in [1.82, 2.24) is 0 Å². The first-order chi connectivity index (χ1) is 9.40. The third kappa shape index (κ3) is 2.65. The summed E-state index contributed by atoms with van der Waals surface area (Å²) in [5.41, 5.74) is -0.689. The summed E-state index contributed by atoms with van der Waals surface area (Å²) >= 11 is 5.63. The summed E-state index contributed by atoms with van der Waals surface area (Å²) in [5, 5.41) is 20.6. The Morgan fingerprint density at radius 1 is 1.20 bits per heavy atom. The van der Waals surface area contributed by atoms with Crippen LogP contribution >= 0.6 is 11.6 Å². The van der Waals surface area contributed by atoms with Gasteiger partial charge in [-0.3, -0.25) is 4.79 Å². The first kappa shape index (κ1) is 14.1. The maximum Gasteiger partial charge on any atom is 0.259 e. The van der Waals surface area contributed by atoms with Gasteiger partial charge in [0.05, 0.1) is 16.3 Å². The molecule has 0 aliphatic carbocycles. The molecule has 0 spiro atoms. The molecule has 7 heteroatoms. The number of nitrogens with one attached hydrogen (secondary N) is 1. The number of hydrogen-bond donors (Lipinski definition) is 3. The minimum atomic E-state index is -1.05. The summed E-state index contributed by atoms with van der Waals surface area (Å²) in [7, 11) is 0. The van der Waals surface area contributed by atoms with E-state index in [9.17, 15) is 23.8 Å². The monoisotopic (exact) mass is 299 g/mol. The van der Waals surface area contributed by atoms with E-state index in [2.05, 4.69) is 5.32 Å². The van der Waals surface area contributed by atoms with Gasteiger partial charge < -0.3 is 15.5 Å². The summed E-state index contributed by atoms with van der Waals surface area (Å²) in [6, 6.07) is 5.12. The van der Waals surface area contributed by atoms with Gasteiger partial charge in [-0.05, 0) is 18.2 Å². The van der Waals surface area contributed by atoms with Gasteiger partial charge >= 0.3 is 0 Å². The molecule has 0 unspecified atom stereocenters. The van der Waals surface area contributed by atoms with Gasteiger partial charge in [0.15, 0.2) is 17.3 Å². The van der Waals surface area contributed by atoms with E-state index >= 15 is 0 Å². The topological polar surface area (TPSA) is 69.6 Å². The van der Waals surface area contributed by atoms with Crippen LogP contribution in [0.1, 0.15) is 10.4 Å². The van der Waals surface area contributed by atoms with Crippen molar-refractivity contribution in [2.45, 2.75) is 0 Å². The van der Waals surface area contributed by atoms with Crippen molar-refractivity contribution in [2.24, 2.45) is 0 Å². The summed E-state index contributed by atoms with van der Waals surface area (Å²) in [5.74, 6) is -3.98. The molecule has 104 valence electrons. The number of benzene rings is 2. The van der Waals surface area contributed by atoms with Crippen molar-refractivity contribution in [2.75, 3.05) is 5.32 Å². The molecule has 0 saturated carbocycles. The minimum Gasteiger partial charge on any atom is -0.504 e. The third-order valence-corrected chi connectivity index (χ3v) is 2.80. The van der Waals surface area contributed by atoms with Crippen LogP contribution < -0.4 is 5.32 Å². The lowest BCUT2D eigenvalue weighted by Crippen LogP contribution is -2.13. The van der Waals surface area contributed by atoms with Crippen LogP contribution in [-0.2, 0) is 0 Å². The Kier molecular flexibility index (Phi) is 3.76. The molecule has 2 aromatic rings. The van der Waals surface area contributed by atoms with Crippen LogP contribution in [0.4, 0.5) is 14.5 Å². The second kappa shape index (κ2) is 5.34. The molecule has 0 aliphatic rings. The Bertz CT molecular complexity index is 668. The summed E-state index contributed by atoms with van der Waals surface area (Å²) in [6.07, 6.45) is 0. The van der Waals surface area contributed by atoms with Gasteiger partial charge in [0.1, 0.15) is 5.82 Å². The molecule has 0 radical (unpaired) electrons. The van der Waals surface area contributed by atoms with Gasteiger partial charge in [-0.2, -0.15) is 0 Å². The van der Waals surface area contributed by atoms with Gasteiger partial charge in [0.25, 0.3) is 5.91 Å². The number of phenolic OH excluding ortho intramolecular Hbond substituents is 2. The van der Waals surface area contributed by atoms with Crippen molar-refractivity contribution in [3.05, 3.63) is 52.6 Å². The molecular formula is C13H8ClF2NO3. The minimum absolute atomic E-state index is 0.273. The summed E-state index contributed by atoms with van der Waals surface area (Å²) in [4.78, 5) is 11.9. The molecule has 4 nitrogen and oxygen atoms in total. The molecule has 0 atom stereocenters. The molecule has 0 fully saturated rings.